The largest absolute Gasteiger partial charge is 0.494 e. The first-order chi connectivity index (χ1) is 15.7. The van der Waals surface area contributed by atoms with E-state index in [0.717, 1.165) is 51.6 Å². The fraction of sp³-hybridized carbons (Fsp3) is 0.708. The molecule has 0 saturated heterocycles. The Labute approximate surface area is 191 Å². The van der Waals surface area contributed by atoms with Gasteiger partial charge in [-0.2, -0.15) is 0 Å². The van der Waals surface area contributed by atoms with E-state index in [4.69, 9.17) is 24.7 Å². The van der Waals surface area contributed by atoms with Crippen molar-refractivity contribution in [1.29, 1.82) is 0 Å². The summed E-state index contributed by atoms with van der Waals surface area (Å²) in [4.78, 5) is 11.0. The number of ether oxygens (including phenoxy) is 5. The summed E-state index contributed by atoms with van der Waals surface area (Å²) in [7, 11) is 1.41. The molecule has 0 amide bonds. The fourth-order valence-electron chi connectivity index (χ4n) is 2.94. The Morgan fingerprint density at radius 1 is 0.812 bits per heavy atom. The van der Waals surface area contributed by atoms with Crippen molar-refractivity contribution in [3.8, 4) is 5.75 Å². The van der Waals surface area contributed by atoms with Crippen LogP contribution in [0.5, 0.6) is 5.75 Å². The van der Waals surface area contributed by atoms with E-state index in [9.17, 15) is 9.18 Å². The van der Waals surface area contributed by atoms with Crippen LogP contribution in [0.2, 0.25) is 0 Å². The zero-order valence-corrected chi connectivity index (χ0v) is 19.5. The SMILES string of the molecule is COC(=O)CCCCCOCCOCCOCCCCCCOc1ccc(F)c(CN)c1. The van der Waals surface area contributed by atoms with E-state index < -0.39 is 0 Å². The molecule has 2 N–H and O–H groups in total. The van der Waals surface area contributed by atoms with Crippen LogP contribution in [0.4, 0.5) is 4.39 Å². The minimum atomic E-state index is -0.293. The Morgan fingerprint density at radius 3 is 1.97 bits per heavy atom. The van der Waals surface area contributed by atoms with E-state index in [-0.39, 0.29) is 18.3 Å². The zero-order valence-electron chi connectivity index (χ0n) is 19.5. The van der Waals surface area contributed by atoms with Gasteiger partial charge in [0.2, 0.25) is 0 Å². The number of halogens is 1. The highest BCUT2D eigenvalue weighted by Gasteiger charge is 2.03. The molecule has 1 aromatic rings. The van der Waals surface area contributed by atoms with Crippen LogP contribution in [-0.4, -0.2) is 59.3 Å². The highest BCUT2D eigenvalue weighted by molar-refractivity contribution is 5.68. The van der Waals surface area contributed by atoms with E-state index in [0.29, 0.717) is 57.4 Å². The van der Waals surface area contributed by atoms with Crippen LogP contribution in [0.1, 0.15) is 56.9 Å². The molecule has 1 aromatic carbocycles. The van der Waals surface area contributed by atoms with Crippen molar-refractivity contribution in [2.75, 3.05) is 53.4 Å². The first-order valence-electron chi connectivity index (χ1n) is 11.6. The first kappa shape index (κ1) is 28.3. The van der Waals surface area contributed by atoms with Crippen molar-refractivity contribution < 1.29 is 32.9 Å². The molecule has 0 aliphatic carbocycles. The molecule has 32 heavy (non-hydrogen) atoms. The standard InChI is InChI=1S/C24H40FNO6/c1-28-24(27)9-5-4-7-13-30-16-18-31-17-15-29-12-6-2-3-8-14-32-22-10-11-23(25)21(19-22)20-26/h10-11,19H,2-9,12-18,20,26H2,1H3. The summed E-state index contributed by atoms with van der Waals surface area (Å²) in [5.74, 6) is 0.215. The predicted molar refractivity (Wildman–Crippen MR) is 121 cm³/mol. The lowest BCUT2D eigenvalue weighted by atomic mass is 10.2. The number of carbonyl (C=O) groups excluding carboxylic acids is 1. The third-order valence-electron chi connectivity index (χ3n) is 4.83. The van der Waals surface area contributed by atoms with Gasteiger partial charge in [-0.1, -0.05) is 12.8 Å². The lowest BCUT2D eigenvalue weighted by molar-refractivity contribution is -0.140. The molecule has 7 nitrogen and oxygen atoms in total. The Bertz CT molecular complexity index is 602. The number of methoxy groups -OCH3 is 1. The van der Waals surface area contributed by atoms with Gasteiger partial charge in [-0.25, -0.2) is 4.39 Å². The molecule has 0 atom stereocenters. The second-order valence-corrected chi connectivity index (χ2v) is 7.44. The smallest absolute Gasteiger partial charge is 0.305 e. The van der Waals surface area contributed by atoms with Crippen LogP contribution in [0.15, 0.2) is 18.2 Å². The molecule has 0 aliphatic heterocycles. The second-order valence-electron chi connectivity index (χ2n) is 7.44. The Morgan fingerprint density at radius 2 is 1.38 bits per heavy atom. The number of carbonyl (C=O) groups is 1. The van der Waals surface area contributed by atoms with E-state index in [1.54, 1.807) is 12.1 Å². The van der Waals surface area contributed by atoms with Crippen molar-refractivity contribution >= 4 is 5.97 Å². The molecule has 8 heteroatoms. The minimum absolute atomic E-state index is 0.156. The maximum absolute atomic E-state index is 13.4. The Balaban J connectivity index is 1.77. The average molecular weight is 458 g/mol. The summed E-state index contributed by atoms with van der Waals surface area (Å²) in [5, 5.41) is 0. The Hall–Kier alpha value is -1.74. The van der Waals surface area contributed by atoms with Gasteiger partial charge in [-0.3, -0.25) is 4.79 Å². The van der Waals surface area contributed by atoms with Crippen LogP contribution >= 0.6 is 0 Å². The Kier molecular flexibility index (Phi) is 17.6. The summed E-state index contributed by atoms with van der Waals surface area (Å²) < 4.78 is 40.1. The van der Waals surface area contributed by atoms with E-state index >= 15 is 0 Å². The average Bonchev–Trinajstić information content (AvgIpc) is 2.81. The van der Waals surface area contributed by atoms with Gasteiger partial charge in [0.25, 0.3) is 0 Å². The maximum atomic E-state index is 13.4. The molecule has 0 saturated carbocycles. The van der Waals surface area contributed by atoms with Gasteiger partial charge in [0.05, 0.1) is 40.1 Å². The minimum Gasteiger partial charge on any atom is -0.494 e. The molecule has 0 aromatic heterocycles. The highest BCUT2D eigenvalue weighted by atomic mass is 19.1. The molecule has 1 rings (SSSR count). The molecular weight excluding hydrogens is 417 g/mol. The highest BCUT2D eigenvalue weighted by Crippen LogP contribution is 2.17. The maximum Gasteiger partial charge on any atom is 0.305 e. The van der Waals surface area contributed by atoms with Gasteiger partial charge < -0.3 is 29.4 Å². The van der Waals surface area contributed by atoms with Gasteiger partial charge >= 0.3 is 5.97 Å². The third-order valence-corrected chi connectivity index (χ3v) is 4.83. The summed E-state index contributed by atoms with van der Waals surface area (Å²) in [6.07, 6.45) is 7.30. The molecule has 0 heterocycles. The van der Waals surface area contributed by atoms with Gasteiger partial charge in [0.15, 0.2) is 0 Å². The van der Waals surface area contributed by atoms with E-state index in [1.165, 1.54) is 13.2 Å². The van der Waals surface area contributed by atoms with Crippen LogP contribution in [0.25, 0.3) is 0 Å². The summed E-state index contributed by atoms with van der Waals surface area (Å²) in [6.45, 7) is 4.48. The van der Waals surface area contributed by atoms with Crippen LogP contribution < -0.4 is 10.5 Å². The summed E-state index contributed by atoms with van der Waals surface area (Å²) in [5.41, 5.74) is 5.97. The number of esters is 1. The van der Waals surface area contributed by atoms with E-state index in [1.807, 2.05) is 0 Å². The fourth-order valence-corrected chi connectivity index (χ4v) is 2.94. The monoisotopic (exact) mass is 457 g/mol. The van der Waals surface area contributed by atoms with Crippen molar-refractivity contribution in [3.63, 3.8) is 0 Å². The second kappa shape index (κ2) is 19.9. The summed E-state index contributed by atoms with van der Waals surface area (Å²) in [6, 6.07) is 4.68. The van der Waals surface area contributed by atoms with Crippen LogP contribution in [0.3, 0.4) is 0 Å². The van der Waals surface area contributed by atoms with Gasteiger partial charge in [0, 0.05) is 31.7 Å². The number of benzene rings is 1. The van der Waals surface area contributed by atoms with Gasteiger partial charge in [-0.15, -0.1) is 0 Å². The number of hydrogen-bond donors (Lipinski definition) is 1. The number of rotatable bonds is 21. The van der Waals surface area contributed by atoms with Crippen molar-refractivity contribution in [1.82, 2.24) is 0 Å². The lowest BCUT2D eigenvalue weighted by Gasteiger charge is -2.08. The molecule has 0 bridgehead atoms. The van der Waals surface area contributed by atoms with E-state index in [2.05, 4.69) is 4.74 Å². The molecule has 0 spiro atoms. The zero-order chi connectivity index (χ0) is 23.3. The molecule has 0 radical (unpaired) electrons. The topological polar surface area (TPSA) is 89.2 Å². The number of hydrogen-bond acceptors (Lipinski definition) is 7. The van der Waals surface area contributed by atoms with Crippen LogP contribution in [-0.2, 0) is 30.3 Å². The first-order valence-corrected chi connectivity index (χ1v) is 11.6. The molecule has 0 aliphatic rings. The molecule has 0 fully saturated rings. The number of nitrogens with two attached hydrogens (primary N) is 1. The van der Waals surface area contributed by atoms with Crippen LogP contribution in [0, 0.1) is 5.82 Å². The van der Waals surface area contributed by atoms with Gasteiger partial charge in [0.1, 0.15) is 11.6 Å². The quantitative estimate of drug-likeness (QED) is 0.220. The molecular formula is C24H40FNO6. The molecule has 184 valence electrons. The normalized spacial score (nSPS) is 11.0. The van der Waals surface area contributed by atoms with Gasteiger partial charge in [-0.05, 0) is 50.3 Å². The lowest BCUT2D eigenvalue weighted by Crippen LogP contribution is -2.10. The third kappa shape index (κ3) is 15.1. The molecule has 0 unspecified atom stereocenters. The van der Waals surface area contributed by atoms with Crippen molar-refractivity contribution in [2.45, 2.75) is 57.9 Å². The number of unbranched alkanes of at least 4 members (excludes halogenated alkanes) is 5. The van der Waals surface area contributed by atoms with Crippen molar-refractivity contribution in [2.24, 2.45) is 5.73 Å². The predicted octanol–water partition coefficient (Wildman–Crippen LogP) is 4.01. The summed E-state index contributed by atoms with van der Waals surface area (Å²) >= 11 is 0. The van der Waals surface area contributed by atoms with Crippen molar-refractivity contribution in [3.05, 3.63) is 29.6 Å².